The van der Waals surface area contributed by atoms with Crippen LogP contribution in [0.1, 0.15) is 25.8 Å². The lowest BCUT2D eigenvalue weighted by atomic mass is 10.0. The van der Waals surface area contributed by atoms with Crippen LogP contribution in [0.5, 0.6) is 5.75 Å². The zero-order valence-corrected chi connectivity index (χ0v) is 12.9. The van der Waals surface area contributed by atoms with Crippen LogP contribution in [-0.4, -0.2) is 31.8 Å². The van der Waals surface area contributed by atoms with E-state index in [1.165, 1.54) is 0 Å². The Hall–Kier alpha value is -1.81. The minimum absolute atomic E-state index is 0.0417. The summed E-state index contributed by atoms with van der Waals surface area (Å²) in [6, 6.07) is 8.00. The number of carbonyl (C=O) groups is 1. The maximum absolute atomic E-state index is 11.6. The van der Waals surface area contributed by atoms with Gasteiger partial charge in [0.2, 0.25) is 0 Å². The maximum Gasteiger partial charge on any atom is 0.307 e. The van der Waals surface area contributed by atoms with E-state index in [9.17, 15) is 4.79 Å². The van der Waals surface area contributed by atoms with Crippen molar-refractivity contribution in [3.8, 4) is 5.75 Å². The van der Waals surface area contributed by atoms with Crippen LogP contribution in [0.3, 0.4) is 0 Å². The van der Waals surface area contributed by atoms with Crippen LogP contribution in [-0.2, 0) is 16.0 Å². The first kappa shape index (κ1) is 17.2. The molecule has 0 bridgehead atoms. The standard InChI is InChI=1S/C17H25NO3/c1-4-11-18-15(13-17(19)21-6-3)12-14-7-9-16(10-8-14)20-5-2/h4,7-10,15,18H,1,5-6,11-13H2,2-3H3. The summed E-state index contributed by atoms with van der Waals surface area (Å²) in [6.07, 6.45) is 2.91. The van der Waals surface area contributed by atoms with E-state index < -0.39 is 0 Å². The molecule has 1 aromatic carbocycles. The Morgan fingerprint density at radius 1 is 1.29 bits per heavy atom. The summed E-state index contributed by atoms with van der Waals surface area (Å²) < 4.78 is 10.4. The monoisotopic (exact) mass is 291 g/mol. The molecule has 0 spiro atoms. The van der Waals surface area contributed by atoms with Crippen molar-refractivity contribution >= 4 is 5.97 Å². The molecule has 4 nitrogen and oxygen atoms in total. The van der Waals surface area contributed by atoms with Crippen LogP contribution in [0, 0.1) is 0 Å². The second-order valence-corrected chi connectivity index (χ2v) is 4.68. The van der Waals surface area contributed by atoms with Crippen LogP contribution < -0.4 is 10.1 Å². The van der Waals surface area contributed by atoms with Gasteiger partial charge in [-0.2, -0.15) is 0 Å². The Morgan fingerprint density at radius 2 is 2.00 bits per heavy atom. The van der Waals surface area contributed by atoms with Gasteiger partial charge >= 0.3 is 5.97 Å². The molecule has 0 aromatic heterocycles. The molecule has 1 unspecified atom stereocenters. The van der Waals surface area contributed by atoms with Crippen molar-refractivity contribution in [1.29, 1.82) is 0 Å². The zero-order chi connectivity index (χ0) is 15.5. The molecule has 4 heteroatoms. The Bertz CT molecular complexity index is 428. The molecule has 0 saturated carbocycles. The largest absolute Gasteiger partial charge is 0.494 e. The Morgan fingerprint density at radius 3 is 2.57 bits per heavy atom. The molecule has 0 aliphatic heterocycles. The maximum atomic E-state index is 11.6. The van der Waals surface area contributed by atoms with E-state index in [1.807, 2.05) is 38.1 Å². The first-order valence-corrected chi connectivity index (χ1v) is 7.41. The Labute approximate surface area is 127 Å². The summed E-state index contributed by atoms with van der Waals surface area (Å²) in [5.74, 6) is 0.687. The number of ether oxygens (including phenoxy) is 2. The quantitative estimate of drug-likeness (QED) is 0.532. The molecule has 0 amide bonds. The number of rotatable bonds is 10. The van der Waals surface area contributed by atoms with E-state index in [-0.39, 0.29) is 12.0 Å². The predicted octanol–water partition coefficient (Wildman–Crippen LogP) is 2.73. The van der Waals surface area contributed by atoms with Gasteiger partial charge in [0.25, 0.3) is 0 Å². The molecule has 0 heterocycles. The van der Waals surface area contributed by atoms with Crippen LogP contribution in [0.4, 0.5) is 0 Å². The van der Waals surface area contributed by atoms with Gasteiger partial charge in [-0.05, 0) is 38.0 Å². The lowest BCUT2D eigenvalue weighted by Crippen LogP contribution is -2.34. The minimum Gasteiger partial charge on any atom is -0.494 e. The first-order valence-electron chi connectivity index (χ1n) is 7.41. The Kier molecular flexibility index (Phi) is 8.21. The van der Waals surface area contributed by atoms with Gasteiger partial charge in [-0.3, -0.25) is 4.79 Å². The van der Waals surface area contributed by atoms with Crippen LogP contribution in [0.15, 0.2) is 36.9 Å². The van der Waals surface area contributed by atoms with E-state index >= 15 is 0 Å². The van der Waals surface area contributed by atoms with Gasteiger partial charge in [-0.1, -0.05) is 18.2 Å². The SMILES string of the molecule is C=CCNC(CC(=O)OCC)Cc1ccc(OCC)cc1. The highest BCUT2D eigenvalue weighted by atomic mass is 16.5. The lowest BCUT2D eigenvalue weighted by molar-refractivity contribution is -0.143. The van der Waals surface area contributed by atoms with Crippen molar-refractivity contribution in [3.63, 3.8) is 0 Å². The molecule has 0 radical (unpaired) electrons. The van der Waals surface area contributed by atoms with Crippen molar-refractivity contribution in [2.45, 2.75) is 32.7 Å². The highest BCUT2D eigenvalue weighted by Gasteiger charge is 2.14. The van der Waals surface area contributed by atoms with E-state index in [2.05, 4.69) is 11.9 Å². The van der Waals surface area contributed by atoms with Gasteiger partial charge in [0.1, 0.15) is 5.75 Å². The van der Waals surface area contributed by atoms with Gasteiger partial charge in [-0.25, -0.2) is 0 Å². The third kappa shape index (κ3) is 6.95. The first-order chi connectivity index (χ1) is 10.2. The minimum atomic E-state index is -0.176. The summed E-state index contributed by atoms with van der Waals surface area (Å²) in [6.45, 7) is 9.21. The summed E-state index contributed by atoms with van der Waals surface area (Å²) >= 11 is 0. The molecular weight excluding hydrogens is 266 g/mol. The van der Waals surface area contributed by atoms with Crippen molar-refractivity contribution in [2.75, 3.05) is 19.8 Å². The molecule has 0 aliphatic rings. The molecular formula is C17H25NO3. The van der Waals surface area contributed by atoms with E-state index in [4.69, 9.17) is 9.47 Å². The van der Waals surface area contributed by atoms with Crippen LogP contribution in [0.25, 0.3) is 0 Å². The number of hydrogen-bond donors (Lipinski definition) is 1. The van der Waals surface area contributed by atoms with Crippen molar-refractivity contribution in [2.24, 2.45) is 0 Å². The molecule has 1 aromatic rings. The molecule has 0 saturated heterocycles. The topological polar surface area (TPSA) is 47.6 Å². The highest BCUT2D eigenvalue weighted by Crippen LogP contribution is 2.14. The van der Waals surface area contributed by atoms with Crippen molar-refractivity contribution in [3.05, 3.63) is 42.5 Å². The molecule has 1 atom stereocenters. The van der Waals surface area contributed by atoms with Gasteiger partial charge in [-0.15, -0.1) is 6.58 Å². The van der Waals surface area contributed by atoms with Gasteiger partial charge in [0.05, 0.1) is 19.6 Å². The average molecular weight is 291 g/mol. The lowest BCUT2D eigenvalue weighted by Gasteiger charge is -2.17. The van der Waals surface area contributed by atoms with Gasteiger partial charge < -0.3 is 14.8 Å². The number of esters is 1. The second-order valence-electron chi connectivity index (χ2n) is 4.68. The zero-order valence-electron chi connectivity index (χ0n) is 12.9. The fourth-order valence-electron chi connectivity index (χ4n) is 2.06. The summed E-state index contributed by atoms with van der Waals surface area (Å²) in [5, 5.41) is 3.30. The van der Waals surface area contributed by atoms with E-state index in [1.54, 1.807) is 6.08 Å². The Balaban J connectivity index is 2.61. The molecule has 0 aliphatic carbocycles. The molecule has 1 N–H and O–H groups in total. The number of benzene rings is 1. The van der Waals surface area contributed by atoms with Gasteiger partial charge in [0, 0.05) is 12.6 Å². The molecule has 0 fully saturated rings. The summed E-state index contributed by atoms with van der Waals surface area (Å²) in [5.41, 5.74) is 1.16. The normalized spacial score (nSPS) is 11.7. The van der Waals surface area contributed by atoms with Gasteiger partial charge in [0.15, 0.2) is 0 Å². The molecule has 1 rings (SSSR count). The predicted molar refractivity (Wildman–Crippen MR) is 84.6 cm³/mol. The number of nitrogens with one attached hydrogen (secondary N) is 1. The number of hydrogen-bond acceptors (Lipinski definition) is 4. The third-order valence-electron chi connectivity index (χ3n) is 2.99. The van der Waals surface area contributed by atoms with E-state index in [0.717, 1.165) is 17.7 Å². The summed E-state index contributed by atoms with van der Waals surface area (Å²) in [4.78, 5) is 11.6. The second kappa shape index (κ2) is 10.00. The third-order valence-corrected chi connectivity index (χ3v) is 2.99. The fraction of sp³-hybridized carbons (Fsp3) is 0.471. The van der Waals surface area contributed by atoms with Crippen molar-refractivity contribution < 1.29 is 14.3 Å². The van der Waals surface area contributed by atoms with Crippen LogP contribution in [0.2, 0.25) is 0 Å². The van der Waals surface area contributed by atoms with Crippen LogP contribution >= 0.6 is 0 Å². The molecule has 21 heavy (non-hydrogen) atoms. The summed E-state index contributed by atoms with van der Waals surface area (Å²) in [7, 11) is 0. The average Bonchev–Trinajstić information content (AvgIpc) is 2.47. The highest BCUT2D eigenvalue weighted by molar-refractivity contribution is 5.70. The smallest absolute Gasteiger partial charge is 0.307 e. The number of carbonyl (C=O) groups excluding carboxylic acids is 1. The molecule has 116 valence electrons. The fourth-order valence-corrected chi connectivity index (χ4v) is 2.06. The van der Waals surface area contributed by atoms with E-state index in [0.29, 0.717) is 26.2 Å². The van der Waals surface area contributed by atoms with Crippen molar-refractivity contribution in [1.82, 2.24) is 5.32 Å².